The van der Waals surface area contributed by atoms with E-state index >= 15 is 0 Å². The van der Waals surface area contributed by atoms with Crippen LogP contribution in [-0.2, 0) is 0 Å². The van der Waals surface area contributed by atoms with Gasteiger partial charge in [0.15, 0.2) is 0 Å². The zero-order chi connectivity index (χ0) is 30.4. The van der Waals surface area contributed by atoms with Gasteiger partial charge in [0.1, 0.15) is 0 Å². The Kier molecular flexibility index (Phi) is 28.7. The van der Waals surface area contributed by atoms with E-state index < -0.39 is 0 Å². The van der Waals surface area contributed by atoms with Gasteiger partial charge in [-0.25, -0.2) is 5.48 Å². The van der Waals surface area contributed by atoms with Crippen molar-refractivity contribution in [1.82, 2.24) is 26.3 Å². The predicted molar refractivity (Wildman–Crippen MR) is 177 cm³/mol. The quantitative estimate of drug-likeness (QED) is 0.0766. The van der Waals surface area contributed by atoms with Crippen LogP contribution in [0, 0.1) is 11.8 Å². The van der Waals surface area contributed by atoms with Crippen LogP contribution in [0.1, 0.15) is 73.1 Å². The highest BCUT2D eigenvalue weighted by Gasteiger charge is 2.21. The van der Waals surface area contributed by atoms with Gasteiger partial charge in [0.2, 0.25) is 0 Å². The summed E-state index contributed by atoms with van der Waals surface area (Å²) in [5.74, 6) is 6.62. The number of nitrogens with one attached hydrogen (secondary N) is 4. The molecule has 0 saturated carbocycles. The highest BCUT2D eigenvalue weighted by atomic mass is 16.5. The first-order chi connectivity index (χ1) is 19.6. The topological polar surface area (TPSA) is 71.6 Å². The molecule has 1 heterocycles. The molecule has 0 radical (unpaired) electrons. The molecule has 2 aliphatic rings. The summed E-state index contributed by atoms with van der Waals surface area (Å²) in [5.41, 5.74) is 6.78. The summed E-state index contributed by atoms with van der Waals surface area (Å²) in [6, 6.07) is 0.605. The third kappa shape index (κ3) is 20.1. The Morgan fingerprint density at radius 2 is 1.90 bits per heavy atom. The Labute approximate surface area is 247 Å². The first-order valence-corrected chi connectivity index (χ1v) is 14.9. The van der Waals surface area contributed by atoms with E-state index in [4.69, 9.17) is 5.21 Å². The van der Waals surface area contributed by atoms with E-state index in [0.717, 1.165) is 64.0 Å². The van der Waals surface area contributed by atoms with Crippen molar-refractivity contribution in [2.75, 3.05) is 39.8 Å². The Morgan fingerprint density at radius 1 is 1.18 bits per heavy atom. The van der Waals surface area contributed by atoms with Gasteiger partial charge in [-0.1, -0.05) is 71.3 Å². The molecular formula is C34H59N5O. The molecular weight excluding hydrogens is 494 g/mol. The van der Waals surface area contributed by atoms with E-state index in [1.807, 2.05) is 38.4 Å². The summed E-state index contributed by atoms with van der Waals surface area (Å²) < 4.78 is 0. The van der Waals surface area contributed by atoms with Crippen molar-refractivity contribution < 1.29 is 5.21 Å². The van der Waals surface area contributed by atoms with Gasteiger partial charge in [-0.15, -0.1) is 13.2 Å². The third-order valence-corrected chi connectivity index (χ3v) is 5.80. The number of likely N-dealkylation sites (N-methyl/N-ethyl adjacent to an activating group) is 1. The number of nitrogens with zero attached hydrogens (tertiary/aromatic N) is 1. The van der Waals surface area contributed by atoms with E-state index in [1.165, 1.54) is 23.4 Å². The first-order valence-electron chi connectivity index (χ1n) is 14.9. The highest BCUT2D eigenvalue weighted by molar-refractivity contribution is 5.37. The van der Waals surface area contributed by atoms with Gasteiger partial charge in [-0.05, 0) is 63.5 Å². The fraction of sp³-hybridized carbons (Fsp3) is 0.529. The molecule has 1 aliphatic carbocycles. The predicted octanol–water partition coefficient (Wildman–Crippen LogP) is 6.60. The molecule has 0 amide bonds. The molecule has 2 rings (SSSR count). The maximum atomic E-state index is 7.62. The summed E-state index contributed by atoms with van der Waals surface area (Å²) >= 11 is 0. The maximum Gasteiger partial charge on any atom is 0.0382 e. The minimum Gasteiger partial charge on any atom is -0.388 e. The molecule has 6 nitrogen and oxygen atoms in total. The minimum absolute atomic E-state index is 0.605. The molecule has 1 atom stereocenters. The van der Waals surface area contributed by atoms with Crippen LogP contribution < -0.4 is 21.4 Å². The van der Waals surface area contributed by atoms with Crippen molar-refractivity contribution in [3.8, 4) is 11.8 Å². The van der Waals surface area contributed by atoms with Gasteiger partial charge in [0, 0.05) is 67.9 Å². The smallest absolute Gasteiger partial charge is 0.0382 e. The lowest BCUT2D eigenvalue weighted by molar-refractivity contribution is 0.173. The second kappa shape index (κ2) is 29.2. The van der Waals surface area contributed by atoms with Gasteiger partial charge in [0.05, 0.1) is 0 Å². The molecule has 1 aliphatic heterocycles. The lowest BCUT2D eigenvalue weighted by Crippen LogP contribution is -2.32. The number of allylic oxidation sites excluding steroid dienone is 9. The summed E-state index contributed by atoms with van der Waals surface area (Å²) in [6.45, 7) is 24.9. The SMILES string of the molecule is C=C.C=C/C=C(\C=C/CC#CC1=CC=C(NCCC)CC1)N/C(=C/CC)CN1CCC(NC)C1.CC.CCNO. The van der Waals surface area contributed by atoms with Crippen molar-refractivity contribution in [3.05, 3.63) is 84.9 Å². The Bertz CT molecular complexity index is 855. The Balaban J connectivity index is 0. The zero-order valence-corrected chi connectivity index (χ0v) is 26.4. The number of hydroxylamine groups is 1. The number of hydrogen-bond acceptors (Lipinski definition) is 6. The highest BCUT2D eigenvalue weighted by Crippen LogP contribution is 2.16. The normalized spacial score (nSPS) is 16.9. The van der Waals surface area contributed by atoms with Gasteiger partial charge < -0.3 is 21.2 Å². The lowest BCUT2D eigenvalue weighted by Gasteiger charge is -2.20. The van der Waals surface area contributed by atoms with Crippen LogP contribution in [0.25, 0.3) is 0 Å². The Morgan fingerprint density at radius 3 is 2.42 bits per heavy atom. The molecule has 0 spiro atoms. The van der Waals surface area contributed by atoms with Crippen molar-refractivity contribution in [2.24, 2.45) is 0 Å². The Hall–Kier alpha value is -2.82. The molecule has 1 fully saturated rings. The fourth-order valence-electron chi connectivity index (χ4n) is 3.89. The van der Waals surface area contributed by atoms with Crippen molar-refractivity contribution in [2.45, 2.75) is 79.2 Å². The molecule has 6 heteroatoms. The summed E-state index contributed by atoms with van der Waals surface area (Å²) in [4.78, 5) is 2.51. The average Bonchev–Trinajstić information content (AvgIpc) is 3.46. The van der Waals surface area contributed by atoms with Crippen molar-refractivity contribution in [3.63, 3.8) is 0 Å². The molecule has 0 aromatic carbocycles. The second-order valence-corrected chi connectivity index (χ2v) is 8.86. The third-order valence-electron chi connectivity index (χ3n) is 5.80. The van der Waals surface area contributed by atoms with E-state index in [2.05, 4.69) is 104 Å². The fourth-order valence-corrected chi connectivity index (χ4v) is 3.89. The van der Waals surface area contributed by atoms with Gasteiger partial charge >= 0.3 is 0 Å². The van der Waals surface area contributed by atoms with Gasteiger partial charge in [-0.3, -0.25) is 4.90 Å². The van der Waals surface area contributed by atoms with Crippen LogP contribution >= 0.6 is 0 Å². The van der Waals surface area contributed by atoms with Crippen LogP contribution in [0.15, 0.2) is 84.9 Å². The first kappa shape index (κ1) is 39.3. The summed E-state index contributed by atoms with van der Waals surface area (Å²) in [5, 5.41) is 18.1. The van der Waals surface area contributed by atoms with Crippen molar-refractivity contribution >= 4 is 0 Å². The molecule has 0 aromatic heterocycles. The van der Waals surface area contributed by atoms with E-state index in [-0.39, 0.29) is 0 Å². The van der Waals surface area contributed by atoms with Crippen molar-refractivity contribution in [1.29, 1.82) is 0 Å². The summed E-state index contributed by atoms with van der Waals surface area (Å²) in [7, 11) is 2.05. The molecule has 1 saturated heterocycles. The average molecular weight is 554 g/mol. The monoisotopic (exact) mass is 553 g/mol. The van der Waals surface area contributed by atoms with Gasteiger partial charge in [0.25, 0.3) is 0 Å². The van der Waals surface area contributed by atoms with Crippen LogP contribution in [0.3, 0.4) is 0 Å². The molecule has 1 unspecified atom stereocenters. The number of likely N-dealkylation sites (tertiary alicyclic amines) is 1. The maximum absolute atomic E-state index is 7.62. The van der Waals surface area contributed by atoms with Gasteiger partial charge in [-0.2, -0.15) is 0 Å². The number of rotatable bonds is 13. The van der Waals surface area contributed by atoms with Crippen LogP contribution in [0.5, 0.6) is 0 Å². The minimum atomic E-state index is 0.605. The molecule has 226 valence electrons. The standard InChI is InChI=1S/C28H42N4.C2H7NO.C2H6.C2H4/c1-5-11-26(31-28(12-6-2)23-32-21-19-27(22-32)29-4)14-10-8-9-13-24-15-17-25(18-16-24)30-20-7-3;1-2-3-4;2*1-2/h5,10-12,14-15,17,27,29-31H,1,6-8,16,18-23H2,2-4H3;3-4H,2H2,1H3;1-2H3;1-2H2/b14-10-,26-11+,28-12+;;;. The molecule has 40 heavy (non-hydrogen) atoms. The van der Waals surface area contributed by atoms with Crippen LogP contribution in [0.2, 0.25) is 0 Å². The van der Waals surface area contributed by atoms with E-state index in [0.29, 0.717) is 12.6 Å². The van der Waals surface area contributed by atoms with E-state index in [9.17, 15) is 0 Å². The lowest BCUT2D eigenvalue weighted by atomic mass is 10.0. The van der Waals surface area contributed by atoms with Crippen LogP contribution in [-0.4, -0.2) is 55.9 Å². The second-order valence-electron chi connectivity index (χ2n) is 8.86. The molecule has 0 aromatic rings. The zero-order valence-electron chi connectivity index (χ0n) is 26.4. The largest absolute Gasteiger partial charge is 0.388 e. The van der Waals surface area contributed by atoms with Crippen LogP contribution in [0.4, 0.5) is 0 Å². The number of hydrogen-bond donors (Lipinski definition) is 5. The molecule has 0 bridgehead atoms. The molecule has 5 N–H and O–H groups in total. The summed E-state index contributed by atoms with van der Waals surface area (Å²) in [6.07, 6.45) is 20.9. The van der Waals surface area contributed by atoms with E-state index in [1.54, 1.807) is 0 Å².